The molecule has 0 radical (unpaired) electrons. The largest absolute Gasteiger partial charge is 0.419 e. The van der Waals surface area contributed by atoms with Crippen molar-refractivity contribution in [1.29, 1.82) is 0 Å². The van der Waals surface area contributed by atoms with Crippen LogP contribution in [-0.4, -0.2) is 24.0 Å². The van der Waals surface area contributed by atoms with E-state index in [0.717, 1.165) is 24.8 Å². The first-order valence-corrected chi connectivity index (χ1v) is 10.1. The first-order chi connectivity index (χ1) is 14.3. The summed E-state index contributed by atoms with van der Waals surface area (Å²) in [6.45, 7) is 2.21. The summed E-state index contributed by atoms with van der Waals surface area (Å²) in [5.41, 5.74) is 2.00. The van der Waals surface area contributed by atoms with Gasteiger partial charge in [-0.25, -0.2) is 9.97 Å². The van der Waals surface area contributed by atoms with E-state index in [1.165, 1.54) is 10.5 Å². The number of nitrogens with one attached hydrogen (secondary N) is 1. The van der Waals surface area contributed by atoms with Crippen LogP contribution in [0.4, 0.5) is 19.0 Å². The second-order valence-electron chi connectivity index (χ2n) is 7.50. The minimum absolute atomic E-state index is 0.0889. The summed E-state index contributed by atoms with van der Waals surface area (Å²) in [4.78, 5) is 8.55. The third-order valence-electron chi connectivity index (χ3n) is 5.32. The number of hydrogen-bond acceptors (Lipinski definition) is 4. The van der Waals surface area contributed by atoms with Gasteiger partial charge in [0.2, 0.25) is 0 Å². The first kappa shape index (κ1) is 19.2. The topological polar surface area (TPSA) is 59.5 Å². The van der Waals surface area contributed by atoms with E-state index in [0.29, 0.717) is 27.9 Å². The van der Waals surface area contributed by atoms with Crippen LogP contribution in [0.15, 0.2) is 30.7 Å². The molecule has 4 aromatic heterocycles. The van der Waals surface area contributed by atoms with Gasteiger partial charge < -0.3 is 9.72 Å². The molecule has 0 spiro atoms. The fraction of sp³-hybridized carbons (Fsp3) is 0.350. The van der Waals surface area contributed by atoms with E-state index in [2.05, 4.69) is 20.4 Å². The number of aryl methyl sites for hydroxylation is 1. The van der Waals surface area contributed by atoms with Gasteiger partial charge in [0.15, 0.2) is 5.65 Å². The Morgan fingerprint density at radius 3 is 2.67 bits per heavy atom. The number of halogens is 4. The zero-order valence-corrected chi connectivity index (χ0v) is 16.8. The molecule has 1 saturated carbocycles. The standard InChI is InChI=1S/C20H18ClF3N6/c1-2-11-7-26-30-17(6-16(21)28-18(11)30)25-8-14-10-29-9-13(12-3-4-12)5-15(19(29)27-14)20(22,23)24/h5-7,9-10,12,25H,2-4,8H2,1H3. The first-order valence-electron chi connectivity index (χ1n) is 9.69. The predicted octanol–water partition coefficient (Wildman–Crippen LogP) is 5.10. The summed E-state index contributed by atoms with van der Waals surface area (Å²) in [5.74, 6) is 0.802. The molecular formula is C20H18ClF3N6. The molecule has 10 heteroatoms. The van der Waals surface area contributed by atoms with Gasteiger partial charge in [0.05, 0.1) is 24.0 Å². The molecule has 1 aliphatic carbocycles. The molecule has 0 saturated heterocycles. The highest BCUT2D eigenvalue weighted by Gasteiger charge is 2.36. The number of pyridine rings is 1. The van der Waals surface area contributed by atoms with Gasteiger partial charge in [-0.3, -0.25) is 0 Å². The molecule has 1 fully saturated rings. The number of alkyl halides is 3. The van der Waals surface area contributed by atoms with Crippen LogP contribution in [0, 0.1) is 0 Å². The average molecular weight is 435 g/mol. The number of rotatable bonds is 5. The molecule has 5 rings (SSSR count). The maximum Gasteiger partial charge on any atom is 0.419 e. The Kier molecular flexibility index (Phi) is 4.39. The molecule has 0 bridgehead atoms. The van der Waals surface area contributed by atoms with E-state index >= 15 is 0 Å². The molecule has 0 aliphatic heterocycles. The van der Waals surface area contributed by atoms with E-state index in [1.54, 1.807) is 29.2 Å². The van der Waals surface area contributed by atoms with Crippen LogP contribution >= 0.6 is 11.6 Å². The lowest BCUT2D eigenvalue weighted by Crippen LogP contribution is -2.09. The van der Waals surface area contributed by atoms with Crippen LogP contribution in [0.5, 0.6) is 0 Å². The number of fused-ring (bicyclic) bond motifs is 2. The normalized spacial score (nSPS) is 14.7. The number of imidazole rings is 1. The zero-order valence-electron chi connectivity index (χ0n) is 16.0. The maximum atomic E-state index is 13.6. The van der Waals surface area contributed by atoms with Crippen molar-refractivity contribution in [2.24, 2.45) is 0 Å². The molecule has 0 atom stereocenters. The average Bonchev–Trinajstić information content (AvgIpc) is 3.33. The van der Waals surface area contributed by atoms with Crippen molar-refractivity contribution in [2.45, 2.75) is 44.8 Å². The van der Waals surface area contributed by atoms with Crippen LogP contribution in [0.25, 0.3) is 11.3 Å². The lowest BCUT2D eigenvalue weighted by molar-refractivity contribution is -0.136. The van der Waals surface area contributed by atoms with Crippen molar-refractivity contribution < 1.29 is 13.2 Å². The minimum Gasteiger partial charge on any atom is -0.364 e. The van der Waals surface area contributed by atoms with Crippen molar-refractivity contribution >= 4 is 28.7 Å². The Morgan fingerprint density at radius 2 is 1.97 bits per heavy atom. The summed E-state index contributed by atoms with van der Waals surface area (Å²) in [5, 5.41) is 7.81. The number of nitrogens with zero attached hydrogens (tertiary/aromatic N) is 5. The molecule has 1 aliphatic rings. The molecular weight excluding hydrogens is 417 g/mol. The van der Waals surface area contributed by atoms with Crippen LogP contribution in [0.2, 0.25) is 5.15 Å². The summed E-state index contributed by atoms with van der Waals surface area (Å²) in [6.07, 6.45) is 3.25. The van der Waals surface area contributed by atoms with Gasteiger partial charge in [0.1, 0.15) is 16.6 Å². The van der Waals surface area contributed by atoms with Crippen LogP contribution in [-0.2, 0) is 19.1 Å². The van der Waals surface area contributed by atoms with Crippen molar-refractivity contribution in [3.8, 4) is 0 Å². The third-order valence-corrected chi connectivity index (χ3v) is 5.52. The van der Waals surface area contributed by atoms with Gasteiger partial charge in [0.25, 0.3) is 0 Å². The van der Waals surface area contributed by atoms with E-state index < -0.39 is 11.7 Å². The van der Waals surface area contributed by atoms with E-state index in [1.807, 2.05) is 6.92 Å². The minimum atomic E-state index is -4.46. The van der Waals surface area contributed by atoms with Gasteiger partial charge in [-0.05, 0) is 36.8 Å². The van der Waals surface area contributed by atoms with Gasteiger partial charge in [-0.2, -0.15) is 22.8 Å². The van der Waals surface area contributed by atoms with Gasteiger partial charge in [0, 0.05) is 24.0 Å². The lowest BCUT2D eigenvalue weighted by atomic mass is 10.1. The second kappa shape index (κ2) is 6.87. The SMILES string of the molecule is CCc1cnn2c(NCc3cn4cc(C5CC5)cc(C(F)(F)F)c4n3)cc(Cl)nc12. The number of hydrogen-bond donors (Lipinski definition) is 1. The summed E-state index contributed by atoms with van der Waals surface area (Å²) in [6, 6.07) is 2.86. The van der Waals surface area contributed by atoms with E-state index in [4.69, 9.17) is 11.6 Å². The molecule has 1 N–H and O–H groups in total. The predicted molar refractivity (Wildman–Crippen MR) is 107 cm³/mol. The molecule has 30 heavy (non-hydrogen) atoms. The van der Waals surface area contributed by atoms with Crippen molar-refractivity contribution in [3.05, 3.63) is 58.3 Å². The monoisotopic (exact) mass is 434 g/mol. The molecule has 156 valence electrons. The Bertz CT molecular complexity index is 1260. The molecule has 4 aromatic rings. The zero-order chi connectivity index (χ0) is 21.0. The van der Waals surface area contributed by atoms with Crippen molar-refractivity contribution in [1.82, 2.24) is 24.0 Å². The Morgan fingerprint density at radius 1 is 1.17 bits per heavy atom. The molecule has 6 nitrogen and oxygen atoms in total. The van der Waals surface area contributed by atoms with Crippen LogP contribution < -0.4 is 5.32 Å². The van der Waals surface area contributed by atoms with E-state index in [-0.39, 0.29) is 18.1 Å². The fourth-order valence-corrected chi connectivity index (χ4v) is 3.82. The Labute approximate surface area is 174 Å². The number of aromatic nitrogens is 5. The highest BCUT2D eigenvalue weighted by molar-refractivity contribution is 6.29. The van der Waals surface area contributed by atoms with E-state index in [9.17, 15) is 13.2 Å². The summed E-state index contributed by atoms with van der Waals surface area (Å²) < 4.78 is 43.9. The summed E-state index contributed by atoms with van der Waals surface area (Å²) >= 11 is 6.14. The maximum absolute atomic E-state index is 13.6. The lowest BCUT2D eigenvalue weighted by Gasteiger charge is -2.10. The molecule has 0 unspecified atom stereocenters. The smallest absolute Gasteiger partial charge is 0.364 e. The molecule has 0 aromatic carbocycles. The summed E-state index contributed by atoms with van der Waals surface area (Å²) in [7, 11) is 0. The van der Waals surface area contributed by atoms with Gasteiger partial charge >= 0.3 is 6.18 Å². The van der Waals surface area contributed by atoms with Gasteiger partial charge in [-0.15, -0.1) is 0 Å². The van der Waals surface area contributed by atoms with Crippen LogP contribution in [0.3, 0.4) is 0 Å². The third kappa shape index (κ3) is 3.36. The fourth-order valence-electron chi connectivity index (χ4n) is 3.64. The highest BCUT2D eigenvalue weighted by Crippen LogP contribution is 2.42. The second-order valence-corrected chi connectivity index (χ2v) is 7.89. The number of anilines is 1. The van der Waals surface area contributed by atoms with Gasteiger partial charge in [-0.1, -0.05) is 18.5 Å². The quantitative estimate of drug-likeness (QED) is 0.444. The Hall–Kier alpha value is -2.81. The van der Waals surface area contributed by atoms with Crippen LogP contribution in [0.1, 0.15) is 48.1 Å². The molecule has 4 heterocycles. The van der Waals surface area contributed by atoms with Crippen molar-refractivity contribution in [3.63, 3.8) is 0 Å². The van der Waals surface area contributed by atoms with Crippen molar-refractivity contribution in [2.75, 3.05) is 5.32 Å². The molecule has 0 amide bonds. The Balaban J connectivity index is 1.49. The highest BCUT2D eigenvalue weighted by atomic mass is 35.5.